The highest BCUT2D eigenvalue weighted by atomic mass is 16.7. The van der Waals surface area contributed by atoms with E-state index in [1.54, 1.807) is 6.92 Å². The monoisotopic (exact) mass is 346 g/mol. The summed E-state index contributed by atoms with van der Waals surface area (Å²) in [6.45, 7) is 14.6. The number of benzene rings is 1. The van der Waals surface area contributed by atoms with E-state index in [0.717, 1.165) is 6.42 Å². The van der Waals surface area contributed by atoms with Gasteiger partial charge in [-0.3, -0.25) is 0 Å². The van der Waals surface area contributed by atoms with E-state index in [9.17, 15) is 4.79 Å². The standard InChI is InChI=1S/C21H30O4/c1-14(2)19(22)23-12-18-13-24-20(25-18)15(3)11-16-7-9-17(10-8-16)21(4,5)6/h7-10,15,18,20H,1,11-13H2,2-6H3. The van der Waals surface area contributed by atoms with Crippen LogP contribution in [0.5, 0.6) is 0 Å². The fourth-order valence-corrected chi connectivity index (χ4v) is 2.76. The van der Waals surface area contributed by atoms with Crippen LogP contribution in [0.3, 0.4) is 0 Å². The Balaban J connectivity index is 1.82. The van der Waals surface area contributed by atoms with E-state index in [1.165, 1.54) is 11.1 Å². The predicted octanol–water partition coefficient (Wildman–Crippen LogP) is 4.02. The molecule has 1 aliphatic heterocycles. The molecule has 1 aromatic carbocycles. The second kappa shape index (κ2) is 8.15. The first-order chi connectivity index (χ1) is 11.7. The van der Waals surface area contributed by atoms with Crippen molar-refractivity contribution in [2.24, 2.45) is 5.92 Å². The van der Waals surface area contributed by atoms with Gasteiger partial charge in [-0.1, -0.05) is 58.5 Å². The molecule has 4 nitrogen and oxygen atoms in total. The minimum Gasteiger partial charge on any atom is -0.459 e. The molecule has 4 heteroatoms. The third-order valence-corrected chi connectivity index (χ3v) is 4.36. The van der Waals surface area contributed by atoms with Crippen molar-refractivity contribution in [1.29, 1.82) is 0 Å². The van der Waals surface area contributed by atoms with Crippen LogP contribution in [-0.2, 0) is 30.8 Å². The van der Waals surface area contributed by atoms with Gasteiger partial charge in [0.1, 0.15) is 12.7 Å². The summed E-state index contributed by atoms with van der Waals surface area (Å²) in [6, 6.07) is 8.74. The van der Waals surface area contributed by atoms with E-state index in [4.69, 9.17) is 14.2 Å². The minimum atomic E-state index is -0.390. The molecule has 25 heavy (non-hydrogen) atoms. The Kier molecular flexibility index (Phi) is 6.42. The molecule has 3 atom stereocenters. The van der Waals surface area contributed by atoms with Gasteiger partial charge in [0.15, 0.2) is 6.29 Å². The maximum absolute atomic E-state index is 11.4. The zero-order valence-corrected chi connectivity index (χ0v) is 16.0. The Morgan fingerprint density at radius 1 is 1.32 bits per heavy atom. The summed E-state index contributed by atoms with van der Waals surface area (Å²) in [5, 5.41) is 0. The number of rotatable bonds is 6. The summed E-state index contributed by atoms with van der Waals surface area (Å²) >= 11 is 0. The van der Waals surface area contributed by atoms with Gasteiger partial charge in [-0.2, -0.15) is 0 Å². The predicted molar refractivity (Wildman–Crippen MR) is 98.4 cm³/mol. The molecule has 0 saturated carbocycles. The zero-order valence-electron chi connectivity index (χ0n) is 16.0. The van der Waals surface area contributed by atoms with E-state index in [0.29, 0.717) is 12.2 Å². The van der Waals surface area contributed by atoms with Crippen molar-refractivity contribution < 1.29 is 19.0 Å². The van der Waals surface area contributed by atoms with Crippen molar-refractivity contribution in [3.63, 3.8) is 0 Å². The Hall–Kier alpha value is -1.65. The first kappa shape index (κ1) is 19.7. The van der Waals surface area contributed by atoms with Gasteiger partial charge in [-0.05, 0) is 29.9 Å². The Morgan fingerprint density at radius 3 is 2.52 bits per heavy atom. The number of carbonyl (C=O) groups excluding carboxylic acids is 1. The molecule has 1 saturated heterocycles. The lowest BCUT2D eigenvalue weighted by Gasteiger charge is -2.21. The molecule has 0 bridgehead atoms. The van der Waals surface area contributed by atoms with Crippen molar-refractivity contribution in [2.45, 2.75) is 58.8 Å². The fraction of sp³-hybridized carbons (Fsp3) is 0.571. The summed E-state index contributed by atoms with van der Waals surface area (Å²) in [7, 11) is 0. The number of esters is 1. The Labute approximate surface area is 151 Å². The number of carbonyl (C=O) groups is 1. The molecular formula is C21H30O4. The Bertz CT molecular complexity index is 597. The lowest BCUT2D eigenvalue weighted by atomic mass is 9.86. The summed E-state index contributed by atoms with van der Waals surface area (Å²) < 4.78 is 16.7. The normalized spacial score (nSPS) is 21.8. The van der Waals surface area contributed by atoms with E-state index in [2.05, 4.69) is 58.5 Å². The van der Waals surface area contributed by atoms with Crippen LogP contribution < -0.4 is 0 Å². The van der Waals surface area contributed by atoms with Gasteiger partial charge >= 0.3 is 5.97 Å². The van der Waals surface area contributed by atoms with Crippen molar-refractivity contribution in [3.05, 3.63) is 47.5 Å². The summed E-state index contributed by atoms with van der Waals surface area (Å²) in [4.78, 5) is 11.4. The SMILES string of the molecule is C=C(C)C(=O)OCC1COC(C(C)Cc2ccc(C(C)(C)C)cc2)O1. The van der Waals surface area contributed by atoms with E-state index >= 15 is 0 Å². The number of hydrogen-bond donors (Lipinski definition) is 0. The average Bonchev–Trinajstić information content (AvgIpc) is 3.01. The second-order valence-electron chi connectivity index (χ2n) is 7.97. The van der Waals surface area contributed by atoms with Crippen LogP contribution in [0.4, 0.5) is 0 Å². The molecule has 0 amide bonds. The van der Waals surface area contributed by atoms with Gasteiger partial charge in [0.2, 0.25) is 0 Å². The molecule has 0 radical (unpaired) electrons. The lowest BCUT2D eigenvalue weighted by Crippen LogP contribution is -2.25. The number of hydrogen-bond acceptors (Lipinski definition) is 4. The molecule has 0 aromatic heterocycles. The molecule has 0 aliphatic carbocycles. The zero-order chi connectivity index (χ0) is 18.6. The third-order valence-electron chi connectivity index (χ3n) is 4.36. The molecule has 0 N–H and O–H groups in total. The minimum absolute atomic E-state index is 0.163. The van der Waals surface area contributed by atoms with E-state index in [-0.39, 0.29) is 36.3 Å². The highest BCUT2D eigenvalue weighted by Gasteiger charge is 2.31. The van der Waals surface area contributed by atoms with Crippen LogP contribution in [-0.4, -0.2) is 31.6 Å². The van der Waals surface area contributed by atoms with Crippen molar-refractivity contribution in [3.8, 4) is 0 Å². The third kappa shape index (κ3) is 5.68. The van der Waals surface area contributed by atoms with Gasteiger partial charge in [-0.25, -0.2) is 4.79 Å². The largest absolute Gasteiger partial charge is 0.459 e. The Morgan fingerprint density at radius 2 is 1.96 bits per heavy atom. The molecule has 1 aliphatic rings. The maximum Gasteiger partial charge on any atom is 0.333 e. The molecule has 138 valence electrons. The van der Waals surface area contributed by atoms with Crippen LogP contribution in [0.2, 0.25) is 0 Å². The van der Waals surface area contributed by atoms with Crippen molar-refractivity contribution in [1.82, 2.24) is 0 Å². The van der Waals surface area contributed by atoms with Crippen LogP contribution in [0.15, 0.2) is 36.4 Å². The van der Waals surface area contributed by atoms with Crippen LogP contribution in [0, 0.1) is 5.92 Å². The molecule has 1 aromatic rings. The van der Waals surface area contributed by atoms with Crippen molar-refractivity contribution >= 4 is 5.97 Å². The molecule has 2 rings (SSSR count). The van der Waals surface area contributed by atoms with Gasteiger partial charge < -0.3 is 14.2 Å². The van der Waals surface area contributed by atoms with Gasteiger partial charge in [0.05, 0.1) is 6.61 Å². The van der Waals surface area contributed by atoms with Gasteiger partial charge in [0.25, 0.3) is 0 Å². The molecule has 0 spiro atoms. The first-order valence-electron chi connectivity index (χ1n) is 8.86. The average molecular weight is 346 g/mol. The molecule has 3 unspecified atom stereocenters. The first-order valence-corrected chi connectivity index (χ1v) is 8.86. The van der Waals surface area contributed by atoms with Gasteiger partial charge in [0, 0.05) is 11.5 Å². The topological polar surface area (TPSA) is 44.8 Å². The fourth-order valence-electron chi connectivity index (χ4n) is 2.76. The summed E-state index contributed by atoms with van der Waals surface area (Å²) in [5.74, 6) is -0.165. The summed E-state index contributed by atoms with van der Waals surface area (Å²) in [6.07, 6.45) is 0.405. The molecule has 1 fully saturated rings. The van der Waals surface area contributed by atoms with Crippen LogP contribution in [0.1, 0.15) is 45.7 Å². The molecule has 1 heterocycles. The lowest BCUT2D eigenvalue weighted by molar-refractivity contribution is -0.144. The smallest absolute Gasteiger partial charge is 0.333 e. The van der Waals surface area contributed by atoms with Gasteiger partial charge in [-0.15, -0.1) is 0 Å². The highest BCUT2D eigenvalue weighted by Crippen LogP contribution is 2.25. The quantitative estimate of drug-likeness (QED) is 0.576. The van der Waals surface area contributed by atoms with E-state index in [1.807, 2.05) is 0 Å². The molecular weight excluding hydrogens is 316 g/mol. The summed E-state index contributed by atoms with van der Waals surface area (Å²) in [5.41, 5.74) is 3.15. The highest BCUT2D eigenvalue weighted by molar-refractivity contribution is 5.86. The maximum atomic E-state index is 11.4. The second-order valence-corrected chi connectivity index (χ2v) is 7.97. The van der Waals surface area contributed by atoms with E-state index < -0.39 is 0 Å². The number of ether oxygens (including phenoxy) is 3. The van der Waals surface area contributed by atoms with Crippen molar-refractivity contribution in [2.75, 3.05) is 13.2 Å². The van der Waals surface area contributed by atoms with Crippen LogP contribution >= 0.6 is 0 Å². The van der Waals surface area contributed by atoms with Crippen LogP contribution in [0.25, 0.3) is 0 Å².